The number of carboxylic acid groups (broad SMARTS) is 1. The van der Waals surface area contributed by atoms with Crippen molar-refractivity contribution >= 4 is 5.97 Å². The quantitative estimate of drug-likeness (QED) is 0.508. The summed E-state index contributed by atoms with van der Waals surface area (Å²) in [7, 11) is 0. The van der Waals surface area contributed by atoms with Crippen molar-refractivity contribution in [2.24, 2.45) is 5.73 Å². The summed E-state index contributed by atoms with van der Waals surface area (Å²) in [5.74, 6) is -1.17. The Kier molecular flexibility index (Phi) is 1.30. The Hall–Kier alpha value is -1.19. The molecule has 0 aromatic heterocycles. The maximum absolute atomic E-state index is 10.1. The highest BCUT2D eigenvalue weighted by atomic mass is 16.5. The van der Waals surface area contributed by atoms with Crippen molar-refractivity contribution in [1.82, 2.24) is 0 Å². The molecule has 0 aromatic rings. The van der Waals surface area contributed by atoms with E-state index in [0.29, 0.717) is 18.7 Å². The molecule has 0 fully saturated rings. The van der Waals surface area contributed by atoms with Crippen molar-refractivity contribution in [3.05, 3.63) is 11.5 Å². The summed E-state index contributed by atoms with van der Waals surface area (Å²) in [6, 6.07) is 0. The highest BCUT2D eigenvalue weighted by Crippen LogP contribution is 2.13. The van der Waals surface area contributed by atoms with E-state index in [1.165, 1.54) is 0 Å². The van der Waals surface area contributed by atoms with Crippen molar-refractivity contribution in [2.45, 2.75) is 6.42 Å². The molecule has 4 heteroatoms. The fourth-order valence-electron chi connectivity index (χ4n) is 0.668. The van der Waals surface area contributed by atoms with E-state index in [4.69, 9.17) is 10.8 Å². The van der Waals surface area contributed by atoms with Gasteiger partial charge in [0.15, 0.2) is 0 Å². The number of hydrogen-bond donors (Lipinski definition) is 2. The Bertz CT molecular complexity index is 173. The zero-order valence-corrected chi connectivity index (χ0v) is 4.76. The SMILES string of the molecule is NC1=C(C(=O)O)OCC1. The average Bonchev–Trinajstić information content (AvgIpc) is 2.13. The highest BCUT2D eigenvalue weighted by molar-refractivity contribution is 5.85. The van der Waals surface area contributed by atoms with Gasteiger partial charge in [-0.3, -0.25) is 0 Å². The first-order valence-corrected chi connectivity index (χ1v) is 2.56. The van der Waals surface area contributed by atoms with Gasteiger partial charge in [0.2, 0.25) is 5.76 Å². The van der Waals surface area contributed by atoms with Crippen LogP contribution in [0, 0.1) is 0 Å². The Morgan fingerprint density at radius 2 is 2.44 bits per heavy atom. The maximum atomic E-state index is 10.1. The minimum atomic E-state index is -1.08. The van der Waals surface area contributed by atoms with Crippen molar-refractivity contribution in [3.8, 4) is 0 Å². The predicted molar refractivity (Wildman–Crippen MR) is 29.4 cm³/mol. The van der Waals surface area contributed by atoms with Crippen LogP contribution in [0.25, 0.3) is 0 Å². The molecule has 3 N–H and O–H groups in total. The van der Waals surface area contributed by atoms with Crippen LogP contribution >= 0.6 is 0 Å². The summed E-state index contributed by atoms with van der Waals surface area (Å²) >= 11 is 0. The first kappa shape index (κ1) is 5.94. The van der Waals surface area contributed by atoms with Crippen molar-refractivity contribution in [1.29, 1.82) is 0 Å². The summed E-state index contributed by atoms with van der Waals surface area (Å²) < 4.78 is 4.68. The van der Waals surface area contributed by atoms with E-state index in [1.54, 1.807) is 0 Å². The molecule has 50 valence electrons. The Labute approximate surface area is 51.9 Å². The molecule has 0 radical (unpaired) electrons. The van der Waals surface area contributed by atoms with Gasteiger partial charge in [0.25, 0.3) is 0 Å². The summed E-state index contributed by atoms with van der Waals surface area (Å²) in [5, 5.41) is 8.32. The van der Waals surface area contributed by atoms with Gasteiger partial charge in [-0.1, -0.05) is 0 Å². The third-order valence-electron chi connectivity index (χ3n) is 1.10. The summed E-state index contributed by atoms with van der Waals surface area (Å²) in [5.41, 5.74) is 5.59. The molecular weight excluding hydrogens is 122 g/mol. The predicted octanol–water partition coefficient (Wildman–Crippen LogP) is -0.338. The molecule has 0 spiro atoms. The lowest BCUT2D eigenvalue weighted by molar-refractivity contribution is -0.136. The lowest BCUT2D eigenvalue weighted by atomic mass is 10.3. The van der Waals surface area contributed by atoms with Gasteiger partial charge in [0.1, 0.15) is 0 Å². The minimum Gasteiger partial charge on any atom is -0.485 e. The van der Waals surface area contributed by atoms with Crippen molar-refractivity contribution in [2.75, 3.05) is 6.61 Å². The maximum Gasteiger partial charge on any atom is 0.373 e. The topological polar surface area (TPSA) is 72.6 Å². The van der Waals surface area contributed by atoms with Gasteiger partial charge in [-0.2, -0.15) is 0 Å². The molecule has 0 unspecified atom stereocenters. The number of carbonyl (C=O) groups is 1. The Morgan fingerprint density at radius 3 is 2.67 bits per heavy atom. The van der Waals surface area contributed by atoms with Gasteiger partial charge in [-0.25, -0.2) is 4.79 Å². The van der Waals surface area contributed by atoms with Crippen LogP contribution in [0.3, 0.4) is 0 Å². The number of hydrogen-bond acceptors (Lipinski definition) is 3. The largest absolute Gasteiger partial charge is 0.485 e. The van der Waals surface area contributed by atoms with Gasteiger partial charge in [0.05, 0.1) is 12.3 Å². The molecule has 0 aliphatic carbocycles. The average molecular weight is 129 g/mol. The van der Waals surface area contributed by atoms with E-state index < -0.39 is 5.97 Å². The van der Waals surface area contributed by atoms with E-state index in [2.05, 4.69) is 4.74 Å². The molecule has 1 aliphatic heterocycles. The Balaban J connectivity index is 2.78. The highest BCUT2D eigenvalue weighted by Gasteiger charge is 2.19. The molecular formula is C5H7NO3. The summed E-state index contributed by atoms with van der Waals surface area (Å²) in [6.45, 7) is 0.396. The monoisotopic (exact) mass is 129 g/mol. The molecule has 0 saturated carbocycles. The number of rotatable bonds is 1. The molecule has 0 bridgehead atoms. The number of carboxylic acids is 1. The van der Waals surface area contributed by atoms with Crippen LogP contribution in [0.15, 0.2) is 11.5 Å². The molecule has 4 nitrogen and oxygen atoms in total. The third kappa shape index (κ3) is 0.960. The minimum absolute atomic E-state index is 0.0880. The zero-order valence-electron chi connectivity index (χ0n) is 4.76. The van der Waals surface area contributed by atoms with Gasteiger partial charge in [-0.15, -0.1) is 0 Å². The van der Waals surface area contributed by atoms with Crippen LogP contribution in [0.5, 0.6) is 0 Å². The molecule has 1 rings (SSSR count). The number of aliphatic carboxylic acids is 1. The van der Waals surface area contributed by atoms with E-state index >= 15 is 0 Å². The fourth-order valence-corrected chi connectivity index (χ4v) is 0.668. The van der Waals surface area contributed by atoms with E-state index in [9.17, 15) is 4.79 Å². The second kappa shape index (κ2) is 1.97. The lowest BCUT2D eigenvalue weighted by Gasteiger charge is -1.94. The van der Waals surface area contributed by atoms with Crippen LogP contribution in [-0.2, 0) is 9.53 Å². The zero-order chi connectivity index (χ0) is 6.85. The fraction of sp³-hybridized carbons (Fsp3) is 0.400. The standard InChI is InChI=1S/C5H7NO3/c6-3-1-2-9-4(3)5(7)8/h1-2,6H2,(H,7,8). The van der Waals surface area contributed by atoms with Gasteiger partial charge in [0, 0.05) is 6.42 Å². The van der Waals surface area contributed by atoms with Gasteiger partial charge >= 0.3 is 5.97 Å². The third-order valence-corrected chi connectivity index (χ3v) is 1.10. The van der Waals surface area contributed by atoms with E-state index in [-0.39, 0.29) is 5.76 Å². The molecule has 1 aliphatic rings. The van der Waals surface area contributed by atoms with E-state index in [0.717, 1.165) is 0 Å². The molecule has 0 aromatic carbocycles. The first-order chi connectivity index (χ1) is 4.22. The smallest absolute Gasteiger partial charge is 0.373 e. The van der Waals surface area contributed by atoms with Crippen LogP contribution in [0.1, 0.15) is 6.42 Å². The first-order valence-electron chi connectivity index (χ1n) is 2.56. The summed E-state index contributed by atoms with van der Waals surface area (Å²) in [6.07, 6.45) is 0.529. The lowest BCUT2D eigenvalue weighted by Crippen LogP contribution is -2.05. The van der Waals surface area contributed by atoms with Crippen LogP contribution in [0.2, 0.25) is 0 Å². The second-order valence-electron chi connectivity index (χ2n) is 1.76. The molecule has 1 heterocycles. The van der Waals surface area contributed by atoms with Crippen molar-refractivity contribution < 1.29 is 14.6 Å². The van der Waals surface area contributed by atoms with Crippen LogP contribution < -0.4 is 5.73 Å². The summed E-state index contributed by atoms with van der Waals surface area (Å²) in [4.78, 5) is 10.1. The number of nitrogens with two attached hydrogens (primary N) is 1. The normalized spacial score (nSPS) is 17.8. The van der Waals surface area contributed by atoms with E-state index in [1.807, 2.05) is 0 Å². The van der Waals surface area contributed by atoms with Gasteiger partial charge in [-0.05, 0) is 0 Å². The Morgan fingerprint density at radius 1 is 1.78 bits per heavy atom. The van der Waals surface area contributed by atoms with Crippen molar-refractivity contribution in [3.63, 3.8) is 0 Å². The second-order valence-corrected chi connectivity index (χ2v) is 1.76. The molecule has 0 saturated heterocycles. The van der Waals surface area contributed by atoms with Crippen LogP contribution in [-0.4, -0.2) is 17.7 Å². The molecule has 9 heavy (non-hydrogen) atoms. The number of ether oxygens (including phenoxy) is 1. The van der Waals surface area contributed by atoms with Gasteiger partial charge < -0.3 is 15.6 Å². The molecule has 0 amide bonds. The molecule has 0 atom stereocenters. The van der Waals surface area contributed by atoms with Crippen LogP contribution in [0.4, 0.5) is 0 Å².